The number of aromatic amines is 1. The Kier molecular flexibility index (Phi) is 3.76. The molecule has 0 bridgehead atoms. The molecule has 10 nitrogen and oxygen atoms in total. The number of nitrogens with one attached hydrogen (secondary N) is 2. The normalized spacial score (nSPS) is 14.6. The smallest absolute Gasteiger partial charge is 0.288 e. The lowest BCUT2D eigenvalue weighted by Crippen LogP contribution is -2.29. The average Bonchev–Trinajstić information content (AvgIpc) is 3.22. The SMILES string of the molecule is COc1cc([C@@H]2c3c(-c4ccccc4)n[nH]c(=O)c3Nc3nnnn32)ccc1O. The molecular weight excluding hydrogens is 374 g/mol. The van der Waals surface area contributed by atoms with Gasteiger partial charge in [-0.3, -0.25) is 4.79 Å². The number of H-pyrrole nitrogens is 1. The second kappa shape index (κ2) is 6.44. The van der Waals surface area contributed by atoms with Crippen molar-refractivity contribution in [2.24, 2.45) is 0 Å². The number of fused-ring (bicyclic) bond motifs is 2. The van der Waals surface area contributed by atoms with Crippen molar-refractivity contribution >= 4 is 11.6 Å². The number of methoxy groups -OCH3 is 1. The van der Waals surface area contributed by atoms with E-state index in [4.69, 9.17) is 4.74 Å². The molecule has 2 aromatic carbocycles. The van der Waals surface area contributed by atoms with Gasteiger partial charge in [0.2, 0.25) is 5.95 Å². The van der Waals surface area contributed by atoms with E-state index in [9.17, 15) is 9.90 Å². The Labute approximate surface area is 163 Å². The third-order valence-electron chi connectivity index (χ3n) is 4.84. The van der Waals surface area contributed by atoms with E-state index in [1.54, 1.807) is 16.8 Å². The van der Waals surface area contributed by atoms with Gasteiger partial charge in [-0.1, -0.05) is 41.5 Å². The molecule has 0 radical (unpaired) electrons. The summed E-state index contributed by atoms with van der Waals surface area (Å²) < 4.78 is 6.83. The minimum absolute atomic E-state index is 0.00895. The zero-order valence-corrected chi connectivity index (χ0v) is 15.2. The summed E-state index contributed by atoms with van der Waals surface area (Å²) in [4.78, 5) is 12.6. The van der Waals surface area contributed by atoms with Crippen LogP contribution in [-0.2, 0) is 0 Å². The van der Waals surface area contributed by atoms with Gasteiger partial charge >= 0.3 is 0 Å². The van der Waals surface area contributed by atoms with Crippen molar-refractivity contribution in [3.05, 3.63) is 70.0 Å². The summed E-state index contributed by atoms with van der Waals surface area (Å²) in [7, 11) is 1.47. The van der Waals surface area contributed by atoms with Gasteiger partial charge in [0, 0.05) is 11.1 Å². The van der Waals surface area contributed by atoms with Crippen molar-refractivity contribution in [3.63, 3.8) is 0 Å². The second-order valence-electron chi connectivity index (χ2n) is 6.46. The topological polar surface area (TPSA) is 131 Å². The lowest BCUT2D eigenvalue weighted by molar-refractivity contribution is 0.372. The number of aromatic hydroxyl groups is 1. The van der Waals surface area contributed by atoms with E-state index in [-0.39, 0.29) is 11.3 Å². The lowest BCUT2D eigenvalue weighted by Gasteiger charge is -2.28. The zero-order valence-electron chi connectivity index (χ0n) is 15.2. The number of ether oxygens (including phenoxy) is 1. The van der Waals surface area contributed by atoms with Crippen molar-refractivity contribution in [1.29, 1.82) is 0 Å². The first-order valence-electron chi connectivity index (χ1n) is 8.77. The maximum absolute atomic E-state index is 12.6. The summed E-state index contributed by atoms with van der Waals surface area (Å²) in [6, 6.07) is 13.9. The Balaban J connectivity index is 1.82. The van der Waals surface area contributed by atoms with Crippen LogP contribution in [0.15, 0.2) is 53.3 Å². The van der Waals surface area contributed by atoms with Gasteiger partial charge in [0.25, 0.3) is 5.56 Å². The summed E-state index contributed by atoms with van der Waals surface area (Å²) in [6.07, 6.45) is 0. The number of nitrogens with zero attached hydrogens (tertiary/aromatic N) is 5. The largest absolute Gasteiger partial charge is 0.504 e. The van der Waals surface area contributed by atoms with Gasteiger partial charge in [0.05, 0.1) is 12.8 Å². The number of tetrazole rings is 1. The first-order valence-corrected chi connectivity index (χ1v) is 8.77. The molecule has 2 aromatic heterocycles. The molecule has 5 rings (SSSR count). The van der Waals surface area contributed by atoms with Crippen LogP contribution in [0.2, 0.25) is 0 Å². The van der Waals surface area contributed by atoms with Gasteiger partial charge < -0.3 is 15.2 Å². The van der Waals surface area contributed by atoms with E-state index in [1.807, 2.05) is 30.3 Å². The molecule has 0 amide bonds. The van der Waals surface area contributed by atoms with Crippen molar-refractivity contribution in [3.8, 4) is 22.8 Å². The molecule has 144 valence electrons. The van der Waals surface area contributed by atoms with E-state index in [2.05, 4.69) is 31.0 Å². The van der Waals surface area contributed by atoms with Crippen molar-refractivity contribution in [2.45, 2.75) is 6.04 Å². The summed E-state index contributed by atoms with van der Waals surface area (Å²) in [5.41, 5.74) is 2.69. The lowest BCUT2D eigenvalue weighted by atomic mass is 9.92. The molecule has 0 fully saturated rings. The van der Waals surface area contributed by atoms with E-state index in [0.717, 1.165) is 11.1 Å². The molecule has 1 aliphatic rings. The summed E-state index contributed by atoms with van der Waals surface area (Å²) in [6.45, 7) is 0. The maximum atomic E-state index is 12.6. The molecule has 1 aliphatic heterocycles. The molecule has 29 heavy (non-hydrogen) atoms. The molecule has 0 aliphatic carbocycles. The van der Waals surface area contributed by atoms with Crippen LogP contribution in [0.4, 0.5) is 11.6 Å². The summed E-state index contributed by atoms with van der Waals surface area (Å²) >= 11 is 0. The predicted molar refractivity (Wildman–Crippen MR) is 103 cm³/mol. The van der Waals surface area contributed by atoms with Gasteiger partial charge in [0.15, 0.2) is 11.5 Å². The van der Waals surface area contributed by atoms with Crippen LogP contribution in [0.1, 0.15) is 17.2 Å². The quantitative estimate of drug-likeness (QED) is 0.426. The Bertz CT molecular complexity index is 1270. The van der Waals surface area contributed by atoms with Crippen LogP contribution in [0, 0.1) is 0 Å². The number of rotatable bonds is 3. The molecule has 0 saturated carbocycles. The van der Waals surface area contributed by atoms with Crippen LogP contribution in [-0.4, -0.2) is 42.6 Å². The van der Waals surface area contributed by atoms with Crippen molar-refractivity contribution in [2.75, 3.05) is 12.4 Å². The highest BCUT2D eigenvalue weighted by molar-refractivity contribution is 5.75. The van der Waals surface area contributed by atoms with Gasteiger partial charge in [-0.25, -0.2) is 5.10 Å². The fourth-order valence-corrected chi connectivity index (χ4v) is 3.53. The van der Waals surface area contributed by atoms with Crippen LogP contribution in [0.3, 0.4) is 0 Å². The Morgan fingerprint density at radius 3 is 2.79 bits per heavy atom. The molecule has 1 atom stereocenters. The number of hydrogen-bond acceptors (Lipinski definition) is 8. The third kappa shape index (κ3) is 2.61. The fraction of sp³-hybridized carbons (Fsp3) is 0.105. The molecule has 0 saturated heterocycles. The summed E-state index contributed by atoms with van der Waals surface area (Å²) in [5, 5.41) is 31.7. The molecule has 0 spiro atoms. The van der Waals surface area contributed by atoms with Crippen molar-refractivity contribution < 1.29 is 9.84 Å². The highest BCUT2D eigenvalue weighted by Crippen LogP contribution is 2.42. The highest BCUT2D eigenvalue weighted by atomic mass is 16.5. The summed E-state index contributed by atoms with van der Waals surface area (Å²) in [5.74, 6) is 0.635. The Morgan fingerprint density at radius 2 is 2.00 bits per heavy atom. The molecular formula is C19H15N7O3. The molecule has 3 heterocycles. The number of anilines is 2. The van der Waals surface area contributed by atoms with Crippen molar-refractivity contribution in [1.82, 2.24) is 30.4 Å². The minimum atomic E-state index is -0.559. The number of hydrogen-bond donors (Lipinski definition) is 3. The predicted octanol–water partition coefficient (Wildman–Crippen LogP) is 1.83. The van der Waals surface area contributed by atoms with Gasteiger partial charge in [0.1, 0.15) is 11.7 Å². The van der Waals surface area contributed by atoms with Gasteiger partial charge in [-0.2, -0.15) is 9.78 Å². The van der Waals surface area contributed by atoms with Crippen LogP contribution < -0.4 is 15.6 Å². The highest BCUT2D eigenvalue weighted by Gasteiger charge is 2.34. The number of phenols is 1. The second-order valence-corrected chi connectivity index (χ2v) is 6.46. The molecule has 3 N–H and O–H groups in total. The first kappa shape index (κ1) is 16.9. The standard InChI is InChI=1S/C19H15N7O3/c1-29-13-9-11(7-8-12(13)27)17-14-15(10-5-3-2-4-6-10)21-22-18(28)16(14)20-19-23-24-25-26(17)19/h2-9,17,27H,1H3,(H,22,28)(H,20,23,25)/t17-/m1/s1. The van der Waals surface area contributed by atoms with Gasteiger partial charge in [-0.05, 0) is 28.1 Å². The monoisotopic (exact) mass is 389 g/mol. The van der Waals surface area contributed by atoms with E-state index >= 15 is 0 Å². The Hall–Kier alpha value is -4.21. The van der Waals surface area contributed by atoms with Crippen LogP contribution in [0.5, 0.6) is 11.5 Å². The van der Waals surface area contributed by atoms with Crippen LogP contribution >= 0.6 is 0 Å². The Morgan fingerprint density at radius 1 is 1.17 bits per heavy atom. The van der Waals surface area contributed by atoms with E-state index in [1.165, 1.54) is 13.2 Å². The number of benzene rings is 2. The maximum Gasteiger partial charge on any atom is 0.288 e. The minimum Gasteiger partial charge on any atom is -0.504 e. The molecule has 10 heteroatoms. The number of phenolic OH excluding ortho intramolecular Hbond substituents is 1. The van der Waals surface area contributed by atoms with Crippen LogP contribution in [0.25, 0.3) is 11.3 Å². The van der Waals surface area contributed by atoms with Gasteiger partial charge in [-0.15, -0.1) is 0 Å². The third-order valence-corrected chi connectivity index (χ3v) is 4.84. The number of aromatic nitrogens is 6. The fourth-order valence-electron chi connectivity index (χ4n) is 3.53. The van der Waals surface area contributed by atoms with E-state index < -0.39 is 6.04 Å². The molecule has 0 unspecified atom stereocenters. The molecule has 4 aromatic rings. The zero-order chi connectivity index (χ0) is 20.0. The first-order chi connectivity index (χ1) is 14.2. The van der Waals surface area contributed by atoms with E-state index in [0.29, 0.717) is 28.6 Å². The average molecular weight is 389 g/mol.